The third kappa shape index (κ3) is 4.45. The van der Waals surface area contributed by atoms with E-state index in [9.17, 15) is 0 Å². The number of fused-ring (bicyclic) bond motifs is 1. The second-order valence-electron chi connectivity index (χ2n) is 10.2. The molecule has 1 N–H and O–H groups in total. The van der Waals surface area contributed by atoms with Crippen molar-refractivity contribution >= 4 is 11.0 Å². The van der Waals surface area contributed by atoms with Crippen LogP contribution in [0.4, 0.5) is 0 Å². The van der Waals surface area contributed by atoms with Crippen molar-refractivity contribution < 1.29 is 0 Å². The van der Waals surface area contributed by atoms with Crippen LogP contribution in [0, 0.1) is 19.8 Å². The number of aryl methyl sites for hydroxylation is 3. The van der Waals surface area contributed by atoms with Crippen LogP contribution in [0.15, 0.2) is 18.3 Å². The standard InChI is InChI=1S/C27H37N5/c1-18-11-12-23-25(19(18)2)31-27(29-23)22-17-28-24(30-26(22)21-8-6-9-21)10-5-4-7-20-13-15-32(3)16-14-20/h11-12,17,20-21H,4-10,13-16H2,1-3H3,(H,29,31). The molecule has 2 aromatic heterocycles. The van der Waals surface area contributed by atoms with Gasteiger partial charge in [-0.1, -0.05) is 25.3 Å². The highest BCUT2D eigenvalue weighted by atomic mass is 15.1. The third-order valence-electron chi connectivity index (χ3n) is 7.89. The Labute approximate surface area is 192 Å². The molecule has 3 heterocycles. The predicted octanol–water partition coefficient (Wildman–Crippen LogP) is 5.96. The fourth-order valence-electron chi connectivity index (χ4n) is 5.24. The summed E-state index contributed by atoms with van der Waals surface area (Å²) in [5, 5.41) is 0. The van der Waals surface area contributed by atoms with Crippen LogP contribution in [0.3, 0.4) is 0 Å². The molecule has 1 aliphatic carbocycles. The highest BCUT2D eigenvalue weighted by Crippen LogP contribution is 2.40. The Bertz CT molecular complexity index is 1070. The van der Waals surface area contributed by atoms with Crippen LogP contribution in [0.2, 0.25) is 0 Å². The molecule has 3 aromatic rings. The number of rotatable bonds is 7. The third-order valence-corrected chi connectivity index (χ3v) is 7.89. The molecule has 5 heteroatoms. The van der Waals surface area contributed by atoms with Crippen LogP contribution >= 0.6 is 0 Å². The van der Waals surface area contributed by atoms with Crippen LogP contribution in [-0.4, -0.2) is 45.0 Å². The van der Waals surface area contributed by atoms with Crippen LogP contribution in [-0.2, 0) is 6.42 Å². The van der Waals surface area contributed by atoms with Gasteiger partial charge in [0.05, 0.1) is 22.3 Å². The van der Waals surface area contributed by atoms with Crippen molar-refractivity contribution in [2.45, 2.75) is 77.6 Å². The number of likely N-dealkylation sites (tertiary alicyclic amines) is 1. The van der Waals surface area contributed by atoms with E-state index in [4.69, 9.17) is 15.0 Å². The number of H-pyrrole nitrogens is 1. The van der Waals surface area contributed by atoms with Crippen molar-refractivity contribution in [3.8, 4) is 11.4 Å². The van der Waals surface area contributed by atoms with E-state index in [1.54, 1.807) is 0 Å². The highest BCUT2D eigenvalue weighted by Gasteiger charge is 2.26. The van der Waals surface area contributed by atoms with Gasteiger partial charge >= 0.3 is 0 Å². The number of aromatic amines is 1. The number of piperidine rings is 1. The van der Waals surface area contributed by atoms with Gasteiger partial charge in [-0.2, -0.15) is 0 Å². The van der Waals surface area contributed by atoms with Crippen molar-refractivity contribution in [2.75, 3.05) is 20.1 Å². The van der Waals surface area contributed by atoms with E-state index in [-0.39, 0.29) is 0 Å². The number of aromatic nitrogens is 4. The maximum Gasteiger partial charge on any atom is 0.141 e. The van der Waals surface area contributed by atoms with E-state index in [1.807, 2.05) is 6.20 Å². The average Bonchev–Trinajstić information content (AvgIpc) is 3.19. The lowest BCUT2D eigenvalue weighted by molar-refractivity contribution is 0.209. The highest BCUT2D eigenvalue weighted by molar-refractivity contribution is 5.83. The van der Waals surface area contributed by atoms with Crippen LogP contribution in [0.5, 0.6) is 0 Å². The van der Waals surface area contributed by atoms with Gasteiger partial charge in [0.25, 0.3) is 0 Å². The fraction of sp³-hybridized carbons (Fsp3) is 0.593. The van der Waals surface area contributed by atoms with E-state index in [0.29, 0.717) is 5.92 Å². The molecule has 2 aliphatic rings. The average molecular weight is 432 g/mol. The second-order valence-corrected chi connectivity index (χ2v) is 10.2. The summed E-state index contributed by atoms with van der Waals surface area (Å²) in [6.45, 7) is 6.83. The summed E-state index contributed by atoms with van der Waals surface area (Å²) < 4.78 is 0. The van der Waals surface area contributed by atoms with Gasteiger partial charge < -0.3 is 9.88 Å². The van der Waals surface area contributed by atoms with Crippen molar-refractivity contribution in [3.05, 3.63) is 41.0 Å². The van der Waals surface area contributed by atoms with Gasteiger partial charge in [-0.3, -0.25) is 0 Å². The number of nitrogens with one attached hydrogen (secondary N) is 1. The zero-order valence-corrected chi connectivity index (χ0v) is 20.0. The van der Waals surface area contributed by atoms with Crippen LogP contribution in [0.25, 0.3) is 22.4 Å². The van der Waals surface area contributed by atoms with E-state index in [1.165, 1.54) is 81.3 Å². The number of unbranched alkanes of at least 4 members (excludes halogenated alkanes) is 1. The van der Waals surface area contributed by atoms with E-state index >= 15 is 0 Å². The quantitative estimate of drug-likeness (QED) is 0.469. The summed E-state index contributed by atoms with van der Waals surface area (Å²) >= 11 is 0. The number of benzene rings is 1. The maximum absolute atomic E-state index is 5.10. The second kappa shape index (κ2) is 9.30. The molecule has 5 rings (SSSR count). The van der Waals surface area contributed by atoms with Crippen molar-refractivity contribution in [1.82, 2.24) is 24.8 Å². The minimum Gasteiger partial charge on any atom is -0.338 e. The summed E-state index contributed by atoms with van der Waals surface area (Å²) in [4.78, 5) is 20.8. The van der Waals surface area contributed by atoms with E-state index < -0.39 is 0 Å². The molecular formula is C27H37N5. The summed E-state index contributed by atoms with van der Waals surface area (Å²) in [5.74, 6) is 3.41. The van der Waals surface area contributed by atoms with Gasteiger partial charge in [-0.05, 0) is 89.2 Å². The number of imidazole rings is 1. The van der Waals surface area contributed by atoms with Crippen LogP contribution < -0.4 is 0 Å². The number of hydrogen-bond donors (Lipinski definition) is 1. The van der Waals surface area contributed by atoms with Crippen molar-refractivity contribution in [3.63, 3.8) is 0 Å². The molecule has 32 heavy (non-hydrogen) atoms. The van der Waals surface area contributed by atoms with Crippen molar-refractivity contribution in [1.29, 1.82) is 0 Å². The SMILES string of the molecule is Cc1ccc2[nH]c(-c3cnc(CCCCC4CCN(C)CC4)nc3C3CCC3)nc2c1C. The first-order valence-corrected chi connectivity index (χ1v) is 12.6. The first-order valence-electron chi connectivity index (χ1n) is 12.6. The molecule has 170 valence electrons. The minimum atomic E-state index is 0.557. The molecule has 1 aromatic carbocycles. The van der Waals surface area contributed by atoms with Crippen molar-refractivity contribution in [2.24, 2.45) is 5.92 Å². The summed E-state index contributed by atoms with van der Waals surface area (Å²) in [6, 6.07) is 4.30. The zero-order valence-electron chi connectivity index (χ0n) is 20.0. The Morgan fingerprint density at radius 2 is 1.84 bits per heavy atom. The first-order chi connectivity index (χ1) is 15.6. The monoisotopic (exact) mass is 431 g/mol. The lowest BCUT2D eigenvalue weighted by atomic mass is 9.81. The zero-order chi connectivity index (χ0) is 22.1. The molecule has 5 nitrogen and oxygen atoms in total. The fourth-order valence-corrected chi connectivity index (χ4v) is 5.24. The summed E-state index contributed by atoms with van der Waals surface area (Å²) in [7, 11) is 2.24. The Hall–Kier alpha value is -2.27. The molecule has 0 atom stereocenters. The molecule has 1 saturated heterocycles. The van der Waals surface area contributed by atoms with Gasteiger partial charge in [0.1, 0.15) is 11.6 Å². The lowest BCUT2D eigenvalue weighted by Gasteiger charge is -2.28. The normalized spacial score (nSPS) is 18.3. The van der Waals surface area contributed by atoms with E-state index in [0.717, 1.165) is 40.6 Å². The summed E-state index contributed by atoms with van der Waals surface area (Å²) in [6.07, 6.45) is 13.4. The summed E-state index contributed by atoms with van der Waals surface area (Å²) in [5.41, 5.74) is 7.00. The van der Waals surface area contributed by atoms with Gasteiger partial charge in [-0.15, -0.1) is 0 Å². The largest absolute Gasteiger partial charge is 0.338 e. The molecule has 1 saturated carbocycles. The van der Waals surface area contributed by atoms with Gasteiger partial charge in [-0.25, -0.2) is 15.0 Å². The molecule has 1 aliphatic heterocycles. The van der Waals surface area contributed by atoms with Gasteiger partial charge in [0, 0.05) is 18.5 Å². The van der Waals surface area contributed by atoms with Crippen LogP contribution in [0.1, 0.15) is 79.9 Å². The molecule has 0 amide bonds. The topological polar surface area (TPSA) is 57.7 Å². The van der Waals surface area contributed by atoms with Gasteiger partial charge in [0.15, 0.2) is 0 Å². The lowest BCUT2D eigenvalue weighted by Crippen LogP contribution is -2.30. The number of nitrogens with zero attached hydrogens (tertiary/aromatic N) is 4. The molecule has 0 radical (unpaired) electrons. The van der Waals surface area contributed by atoms with E-state index in [2.05, 4.69) is 42.9 Å². The predicted molar refractivity (Wildman–Crippen MR) is 131 cm³/mol. The Kier molecular flexibility index (Phi) is 6.27. The molecule has 0 spiro atoms. The van der Waals surface area contributed by atoms with Gasteiger partial charge in [0.2, 0.25) is 0 Å². The smallest absolute Gasteiger partial charge is 0.141 e. The maximum atomic E-state index is 5.10. The Balaban J connectivity index is 1.30. The molecule has 0 unspecified atom stereocenters. The minimum absolute atomic E-state index is 0.557. The Morgan fingerprint density at radius 3 is 2.59 bits per heavy atom. The molecule has 0 bridgehead atoms. The molecular weight excluding hydrogens is 394 g/mol. The Morgan fingerprint density at radius 1 is 1.03 bits per heavy atom. The molecule has 2 fully saturated rings. The number of hydrogen-bond acceptors (Lipinski definition) is 4. The first kappa shape index (κ1) is 21.6.